The van der Waals surface area contributed by atoms with Crippen molar-refractivity contribution in [3.63, 3.8) is 0 Å². The summed E-state index contributed by atoms with van der Waals surface area (Å²) in [5, 5.41) is 0. The van der Waals surface area contributed by atoms with Gasteiger partial charge in [0, 0.05) is 0 Å². The van der Waals surface area contributed by atoms with E-state index in [1.807, 2.05) is 0 Å². The first-order valence-electron chi connectivity index (χ1n) is 5.50. The molecule has 1 aromatic carbocycles. The molecule has 1 fully saturated rings. The second-order valence-corrected chi connectivity index (χ2v) is 4.28. The molecular formula is C13H18O. The lowest BCUT2D eigenvalue weighted by Gasteiger charge is -2.26. The van der Waals surface area contributed by atoms with Crippen LogP contribution in [0.4, 0.5) is 0 Å². The highest BCUT2D eigenvalue weighted by molar-refractivity contribution is 5.15. The van der Waals surface area contributed by atoms with Crippen LogP contribution in [0, 0.1) is 5.92 Å². The summed E-state index contributed by atoms with van der Waals surface area (Å²) >= 11 is 0. The number of hydrogen-bond acceptors (Lipinski definition) is 1. The normalized spacial score (nSPS) is 27.5. The van der Waals surface area contributed by atoms with Gasteiger partial charge in [0.2, 0.25) is 0 Å². The number of benzene rings is 1. The Morgan fingerprint density at radius 2 is 2.00 bits per heavy atom. The molecule has 1 saturated heterocycles. The second kappa shape index (κ2) is 4.61. The molecule has 0 aliphatic carbocycles. The van der Waals surface area contributed by atoms with Gasteiger partial charge in [0.15, 0.2) is 0 Å². The van der Waals surface area contributed by atoms with Crippen molar-refractivity contribution in [1.29, 1.82) is 0 Å². The predicted molar refractivity (Wildman–Crippen MR) is 58.3 cm³/mol. The van der Waals surface area contributed by atoms with Gasteiger partial charge in [0.1, 0.15) is 0 Å². The third kappa shape index (κ3) is 2.58. The summed E-state index contributed by atoms with van der Waals surface area (Å²) in [7, 11) is 0. The van der Waals surface area contributed by atoms with Crippen LogP contribution in [0.3, 0.4) is 0 Å². The lowest BCUT2D eigenvalue weighted by molar-refractivity contribution is -0.00467. The molecule has 1 heterocycles. The minimum Gasteiger partial charge on any atom is -0.378 e. The monoisotopic (exact) mass is 190 g/mol. The standard InChI is InChI=1S/C13H18O/c1-11-7-8-13(10-14-11)9-12-5-3-2-4-6-12/h2-6,11,13H,7-10H2,1H3/t11-,13+/m1/s1. The third-order valence-electron chi connectivity index (χ3n) is 2.97. The maximum Gasteiger partial charge on any atom is 0.0547 e. The fourth-order valence-electron chi connectivity index (χ4n) is 2.05. The van der Waals surface area contributed by atoms with Gasteiger partial charge in [-0.25, -0.2) is 0 Å². The summed E-state index contributed by atoms with van der Waals surface area (Å²) < 4.78 is 5.66. The maximum atomic E-state index is 5.66. The molecule has 2 atom stereocenters. The molecule has 1 heteroatoms. The molecule has 1 aliphatic heterocycles. The van der Waals surface area contributed by atoms with E-state index in [9.17, 15) is 0 Å². The first kappa shape index (κ1) is 9.72. The van der Waals surface area contributed by atoms with Gasteiger partial charge in [0.25, 0.3) is 0 Å². The van der Waals surface area contributed by atoms with Gasteiger partial charge in [-0.05, 0) is 37.7 Å². The smallest absolute Gasteiger partial charge is 0.0547 e. The van der Waals surface area contributed by atoms with Crippen LogP contribution < -0.4 is 0 Å². The molecule has 1 nitrogen and oxygen atoms in total. The Bertz CT molecular complexity index is 260. The van der Waals surface area contributed by atoms with Crippen LogP contribution in [0.25, 0.3) is 0 Å². The van der Waals surface area contributed by atoms with Crippen LogP contribution in [-0.2, 0) is 11.2 Å². The van der Waals surface area contributed by atoms with Crippen molar-refractivity contribution in [3.8, 4) is 0 Å². The van der Waals surface area contributed by atoms with Crippen LogP contribution in [-0.4, -0.2) is 12.7 Å². The molecule has 0 N–H and O–H groups in total. The van der Waals surface area contributed by atoms with Crippen LogP contribution in [0.15, 0.2) is 30.3 Å². The van der Waals surface area contributed by atoms with E-state index in [4.69, 9.17) is 4.74 Å². The van der Waals surface area contributed by atoms with E-state index in [1.165, 1.54) is 24.8 Å². The van der Waals surface area contributed by atoms with E-state index in [0.717, 1.165) is 12.5 Å². The van der Waals surface area contributed by atoms with Gasteiger partial charge in [-0.1, -0.05) is 30.3 Å². The zero-order valence-electron chi connectivity index (χ0n) is 8.78. The maximum absolute atomic E-state index is 5.66. The van der Waals surface area contributed by atoms with E-state index in [0.29, 0.717) is 6.10 Å². The summed E-state index contributed by atoms with van der Waals surface area (Å²) in [6.07, 6.45) is 4.18. The van der Waals surface area contributed by atoms with Crippen molar-refractivity contribution in [3.05, 3.63) is 35.9 Å². The number of hydrogen-bond donors (Lipinski definition) is 0. The summed E-state index contributed by atoms with van der Waals surface area (Å²) in [5.41, 5.74) is 1.44. The van der Waals surface area contributed by atoms with Gasteiger partial charge in [0.05, 0.1) is 12.7 Å². The fourth-order valence-corrected chi connectivity index (χ4v) is 2.05. The van der Waals surface area contributed by atoms with Gasteiger partial charge in [-0.2, -0.15) is 0 Å². The summed E-state index contributed by atoms with van der Waals surface area (Å²) in [4.78, 5) is 0. The van der Waals surface area contributed by atoms with E-state index in [2.05, 4.69) is 37.3 Å². The average Bonchev–Trinajstić information content (AvgIpc) is 2.23. The molecule has 14 heavy (non-hydrogen) atoms. The highest BCUT2D eigenvalue weighted by atomic mass is 16.5. The minimum atomic E-state index is 0.474. The molecule has 0 unspecified atom stereocenters. The molecule has 2 rings (SSSR count). The zero-order chi connectivity index (χ0) is 9.80. The van der Waals surface area contributed by atoms with Gasteiger partial charge >= 0.3 is 0 Å². The van der Waals surface area contributed by atoms with Crippen molar-refractivity contribution in [2.45, 2.75) is 32.3 Å². The molecule has 1 aromatic rings. The fraction of sp³-hybridized carbons (Fsp3) is 0.538. The first-order valence-corrected chi connectivity index (χ1v) is 5.50. The Morgan fingerprint density at radius 1 is 1.21 bits per heavy atom. The average molecular weight is 190 g/mol. The van der Waals surface area contributed by atoms with Gasteiger partial charge in [-0.15, -0.1) is 0 Å². The Kier molecular flexibility index (Phi) is 3.20. The van der Waals surface area contributed by atoms with Gasteiger partial charge < -0.3 is 4.74 Å². The van der Waals surface area contributed by atoms with Crippen LogP contribution in [0.1, 0.15) is 25.3 Å². The van der Waals surface area contributed by atoms with E-state index in [1.54, 1.807) is 0 Å². The molecule has 0 amide bonds. The van der Waals surface area contributed by atoms with E-state index < -0.39 is 0 Å². The number of rotatable bonds is 2. The molecule has 0 saturated carbocycles. The first-order chi connectivity index (χ1) is 6.84. The van der Waals surface area contributed by atoms with Crippen molar-refractivity contribution in [1.82, 2.24) is 0 Å². The SMILES string of the molecule is C[C@@H]1CC[C@@H](Cc2ccccc2)CO1. The van der Waals surface area contributed by atoms with Crippen molar-refractivity contribution in [2.24, 2.45) is 5.92 Å². The lowest BCUT2D eigenvalue weighted by Crippen LogP contribution is -2.24. The molecule has 0 aromatic heterocycles. The Morgan fingerprint density at radius 3 is 2.64 bits per heavy atom. The summed E-state index contributed by atoms with van der Waals surface area (Å²) in [6.45, 7) is 3.11. The Balaban J connectivity index is 1.87. The lowest BCUT2D eigenvalue weighted by atomic mass is 9.92. The highest BCUT2D eigenvalue weighted by Crippen LogP contribution is 2.21. The topological polar surface area (TPSA) is 9.23 Å². The molecular weight excluding hydrogens is 172 g/mol. The van der Waals surface area contributed by atoms with Crippen LogP contribution in [0.2, 0.25) is 0 Å². The van der Waals surface area contributed by atoms with E-state index in [-0.39, 0.29) is 0 Å². The molecule has 76 valence electrons. The summed E-state index contributed by atoms with van der Waals surface area (Å²) in [6, 6.07) is 10.7. The van der Waals surface area contributed by atoms with Crippen molar-refractivity contribution < 1.29 is 4.74 Å². The van der Waals surface area contributed by atoms with Crippen molar-refractivity contribution >= 4 is 0 Å². The molecule has 0 bridgehead atoms. The highest BCUT2D eigenvalue weighted by Gasteiger charge is 2.18. The van der Waals surface area contributed by atoms with Gasteiger partial charge in [-0.3, -0.25) is 0 Å². The molecule has 0 spiro atoms. The summed E-state index contributed by atoms with van der Waals surface area (Å²) in [5.74, 6) is 0.730. The van der Waals surface area contributed by atoms with Crippen molar-refractivity contribution in [2.75, 3.05) is 6.61 Å². The Labute approximate surface area is 86.1 Å². The van der Waals surface area contributed by atoms with Crippen LogP contribution >= 0.6 is 0 Å². The number of ether oxygens (including phenoxy) is 1. The van der Waals surface area contributed by atoms with Crippen LogP contribution in [0.5, 0.6) is 0 Å². The Hall–Kier alpha value is -0.820. The zero-order valence-corrected chi connectivity index (χ0v) is 8.78. The third-order valence-corrected chi connectivity index (χ3v) is 2.97. The quantitative estimate of drug-likeness (QED) is 0.696. The largest absolute Gasteiger partial charge is 0.378 e. The molecule has 1 aliphatic rings. The molecule has 0 radical (unpaired) electrons. The van der Waals surface area contributed by atoms with E-state index >= 15 is 0 Å². The second-order valence-electron chi connectivity index (χ2n) is 4.28. The predicted octanol–water partition coefficient (Wildman–Crippen LogP) is 3.04. The minimum absolute atomic E-state index is 0.474.